The van der Waals surface area contributed by atoms with E-state index in [0.29, 0.717) is 48.8 Å². The van der Waals surface area contributed by atoms with E-state index >= 15 is 0 Å². The minimum absolute atomic E-state index is 0.0952. The lowest BCUT2D eigenvalue weighted by Gasteiger charge is -2.29. The molecule has 1 saturated heterocycles. The van der Waals surface area contributed by atoms with Crippen LogP contribution >= 0.6 is 11.8 Å². The summed E-state index contributed by atoms with van der Waals surface area (Å²) in [6, 6.07) is 13.2. The van der Waals surface area contributed by atoms with E-state index < -0.39 is 5.97 Å². The van der Waals surface area contributed by atoms with Crippen LogP contribution < -0.4 is 14.5 Å². The second kappa shape index (κ2) is 9.59. The number of anilines is 2. The SMILES string of the molecule is CCOC(=O)c1nn(-c2ccc3c(c2)CCO3)c2c1CCN(c1ccc(N3CCSCC3=O)cc1)C2=O. The molecule has 0 atom stereocenters. The van der Waals surface area contributed by atoms with Crippen molar-refractivity contribution in [1.29, 1.82) is 0 Å². The van der Waals surface area contributed by atoms with Crippen LogP contribution in [0.15, 0.2) is 42.5 Å². The lowest BCUT2D eigenvalue weighted by Crippen LogP contribution is -2.39. The maximum Gasteiger partial charge on any atom is 0.359 e. The zero-order valence-corrected chi connectivity index (χ0v) is 21.3. The molecule has 1 aromatic heterocycles. The van der Waals surface area contributed by atoms with E-state index in [1.54, 1.807) is 33.2 Å². The van der Waals surface area contributed by atoms with Gasteiger partial charge in [-0.3, -0.25) is 9.59 Å². The molecular formula is C27H26N4O5S. The summed E-state index contributed by atoms with van der Waals surface area (Å²) in [5.41, 5.74) is 4.44. The van der Waals surface area contributed by atoms with Gasteiger partial charge in [-0.2, -0.15) is 16.9 Å². The van der Waals surface area contributed by atoms with Gasteiger partial charge < -0.3 is 19.3 Å². The normalized spacial score (nSPS) is 16.9. The third kappa shape index (κ3) is 4.15. The van der Waals surface area contributed by atoms with Crippen molar-refractivity contribution in [3.63, 3.8) is 0 Å². The van der Waals surface area contributed by atoms with Gasteiger partial charge in [-0.25, -0.2) is 9.48 Å². The lowest BCUT2D eigenvalue weighted by atomic mass is 10.0. The van der Waals surface area contributed by atoms with E-state index in [-0.39, 0.29) is 24.1 Å². The second-order valence-electron chi connectivity index (χ2n) is 9.02. The largest absolute Gasteiger partial charge is 0.493 e. The molecule has 3 aliphatic heterocycles. The average Bonchev–Trinajstić information content (AvgIpc) is 3.54. The number of hydrogen-bond donors (Lipinski definition) is 0. The van der Waals surface area contributed by atoms with Crippen LogP contribution in [-0.4, -0.2) is 65.4 Å². The predicted molar refractivity (Wildman–Crippen MR) is 140 cm³/mol. The smallest absolute Gasteiger partial charge is 0.359 e. The van der Waals surface area contributed by atoms with Crippen LogP contribution in [0.4, 0.5) is 11.4 Å². The molecule has 0 spiro atoms. The highest BCUT2D eigenvalue weighted by molar-refractivity contribution is 8.00. The number of nitrogens with zero attached hydrogens (tertiary/aromatic N) is 4. The molecule has 1 fully saturated rings. The molecule has 0 N–H and O–H groups in total. The number of thioether (sulfide) groups is 1. The summed E-state index contributed by atoms with van der Waals surface area (Å²) >= 11 is 1.64. The van der Waals surface area contributed by atoms with Gasteiger partial charge in [0.25, 0.3) is 5.91 Å². The monoisotopic (exact) mass is 518 g/mol. The van der Waals surface area contributed by atoms with Crippen LogP contribution in [0.3, 0.4) is 0 Å². The Bertz CT molecular complexity index is 1400. The first kappa shape index (κ1) is 23.6. The zero-order chi connectivity index (χ0) is 25.5. The Hall–Kier alpha value is -3.79. The molecule has 0 saturated carbocycles. The van der Waals surface area contributed by atoms with Crippen molar-refractivity contribution >= 4 is 40.9 Å². The van der Waals surface area contributed by atoms with Crippen molar-refractivity contribution in [3.05, 3.63) is 65.0 Å². The first-order valence-corrected chi connectivity index (χ1v) is 13.6. The van der Waals surface area contributed by atoms with E-state index in [1.165, 1.54) is 0 Å². The number of rotatable bonds is 5. The standard InChI is InChI=1S/C27H26N4O5S/c1-2-35-27(34)24-21-9-11-30(19-5-3-18(4-6-19)29-12-14-37-16-23(29)32)26(33)25(21)31(28-24)20-7-8-22-17(15-20)10-13-36-22/h3-8,15H,2,9-14,16H2,1H3. The van der Waals surface area contributed by atoms with Crippen molar-refractivity contribution in [2.24, 2.45) is 0 Å². The molecule has 6 rings (SSSR count). The fourth-order valence-corrected chi connectivity index (χ4v) is 5.85. The van der Waals surface area contributed by atoms with Crippen molar-refractivity contribution < 1.29 is 23.9 Å². The third-order valence-electron chi connectivity index (χ3n) is 6.86. The van der Waals surface area contributed by atoms with E-state index in [0.717, 1.165) is 34.9 Å². The molecule has 9 nitrogen and oxygen atoms in total. The molecule has 0 bridgehead atoms. The number of hydrogen-bond acceptors (Lipinski definition) is 7. The van der Waals surface area contributed by atoms with Crippen molar-refractivity contribution in [1.82, 2.24) is 9.78 Å². The molecule has 10 heteroatoms. The number of aromatic nitrogens is 2. The Morgan fingerprint density at radius 1 is 1.03 bits per heavy atom. The third-order valence-corrected chi connectivity index (χ3v) is 7.78. The van der Waals surface area contributed by atoms with Crippen LogP contribution in [0.1, 0.15) is 39.0 Å². The molecular weight excluding hydrogens is 492 g/mol. The van der Waals surface area contributed by atoms with Gasteiger partial charge in [0.1, 0.15) is 11.4 Å². The summed E-state index contributed by atoms with van der Waals surface area (Å²) < 4.78 is 12.4. The molecule has 37 heavy (non-hydrogen) atoms. The van der Waals surface area contributed by atoms with Gasteiger partial charge in [-0.05, 0) is 61.4 Å². The minimum Gasteiger partial charge on any atom is -0.493 e. The van der Waals surface area contributed by atoms with Gasteiger partial charge in [-0.1, -0.05) is 0 Å². The summed E-state index contributed by atoms with van der Waals surface area (Å²) in [7, 11) is 0. The molecule has 0 radical (unpaired) electrons. The summed E-state index contributed by atoms with van der Waals surface area (Å²) in [5, 5.41) is 4.58. The van der Waals surface area contributed by atoms with Crippen LogP contribution in [0, 0.1) is 0 Å². The Morgan fingerprint density at radius 2 is 1.78 bits per heavy atom. The Morgan fingerprint density at radius 3 is 2.54 bits per heavy atom. The molecule has 2 amide bonds. The summed E-state index contributed by atoms with van der Waals surface area (Å²) in [5.74, 6) is 1.54. The molecule has 2 aromatic carbocycles. The van der Waals surface area contributed by atoms with Gasteiger partial charge >= 0.3 is 5.97 Å². The number of ether oxygens (including phenoxy) is 2. The van der Waals surface area contributed by atoms with Crippen LogP contribution in [0.2, 0.25) is 0 Å². The fourth-order valence-electron chi connectivity index (χ4n) is 5.06. The Kier molecular flexibility index (Phi) is 6.11. The van der Waals surface area contributed by atoms with Gasteiger partial charge in [0, 0.05) is 42.2 Å². The highest BCUT2D eigenvalue weighted by atomic mass is 32.2. The fraction of sp³-hybridized carbons (Fsp3) is 0.333. The van der Waals surface area contributed by atoms with Crippen LogP contribution in [-0.2, 0) is 22.4 Å². The molecule has 190 valence electrons. The number of esters is 1. The summed E-state index contributed by atoms with van der Waals surface area (Å²) in [6.45, 7) is 3.67. The highest BCUT2D eigenvalue weighted by Gasteiger charge is 2.36. The van der Waals surface area contributed by atoms with E-state index in [2.05, 4.69) is 5.10 Å². The van der Waals surface area contributed by atoms with Crippen molar-refractivity contribution in [2.45, 2.75) is 19.8 Å². The molecule has 4 heterocycles. The van der Waals surface area contributed by atoms with Gasteiger partial charge in [0.05, 0.1) is 24.7 Å². The van der Waals surface area contributed by atoms with Crippen LogP contribution in [0.5, 0.6) is 5.75 Å². The van der Waals surface area contributed by atoms with E-state index in [9.17, 15) is 14.4 Å². The maximum atomic E-state index is 13.9. The van der Waals surface area contributed by atoms with E-state index in [1.807, 2.05) is 42.5 Å². The lowest BCUT2D eigenvalue weighted by molar-refractivity contribution is -0.116. The van der Waals surface area contributed by atoms with Crippen molar-refractivity contribution in [3.8, 4) is 11.4 Å². The topological polar surface area (TPSA) is 94.0 Å². The first-order chi connectivity index (χ1) is 18.0. The number of carbonyl (C=O) groups excluding carboxylic acids is 3. The number of carbonyl (C=O) groups is 3. The highest BCUT2D eigenvalue weighted by Crippen LogP contribution is 2.33. The number of benzene rings is 2. The Labute approximate surface area is 218 Å². The Balaban J connectivity index is 1.36. The first-order valence-electron chi connectivity index (χ1n) is 12.4. The van der Waals surface area contributed by atoms with Crippen molar-refractivity contribution in [2.75, 3.05) is 47.6 Å². The van der Waals surface area contributed by atoms with E-state index in [4.69, 9.17) is 9.47 Å². The van der Waals surface area contributed by atoms with Gasteiger partial charge in [0.15, 0.2) is 5.69 Å². The van der Waals surface area contributed by atoms with Gasteiger partial charge in [0.2, 0.25) is 5.91 Å². The molecule has 3 aliphatic rings. The summed E-state index contributed by atoms with van der Waals surface area (Å²) in [6.07, 6.45) is 1.24. The zero-order valence-electron chi connectivity index (χ0n) is 20.4. The second-order valence-corrected chi connectivity index (χ2v) is 10.1. The number of fused-ring (bicyclic) bond motifs is 2. The predicted octanol–water partition coefficient (Wildman–Crippen LogP) is 3.27. The maximum absolute atomic E-state index is 13.9. The number of amides is 2. The molecule has 0 unspecified atom stereocenters. The quantitative estimate of drug-likeness (QED) is 0.479. The molecule has 3 aromatic rings. The van der Waals surface area contributed by atoms with Gasteiger partial charge in [-0.15, -0.1) is 0 Å². The molecule has 0 aliphatic carbocycles. The summed E-state index contributed by atoms with van der Waals surface area (Å²) in [4.78, 5) is 42.4. The van der Waals surface area contributed by atoms with Crippen LogP contribution in [0.25, 0.3) is 5.69 Å². The average molecular weight is 519 g/mol. The minimum atomic E-state index is -0.531.